The summed E-state index contributed by atoms with van der Waals surface area (Å²) in [6.07, 6.45) is 3.64. The monoisotopic (exact) mass is 281 g/mol. The number of piperidine rings is 1. The van der Waals surface area contributed by atoms with E-state index < -0.39 is 11.4 Å². The van der Waals surface area contributed by atoms with Crippen molar-refractivity contribution >= 4 is 5.91 Å². The van der Waals surface area contributed by atoms with Crippen LogP contribution in [0.1, 0.15) is 46.5 Å². The van der Waals surface area contributed by atoms with Gasteiger partial charge in [-0.25, -0.2) is 9.78 Å². The van der Waals surface area contributed by atoms with Crippen LogP contribution in [0.4, 0.5) is 0 Å². The van der Waals surface area contributed by atoms with Gasteiger partial charge < -0.3 is 10.1 Å². The number of ether oxygens (including phenoxy) is 1. The summed E-state index contributed by atoms with van der Waals surface area (Å²) in [5.74, 6) is 0.452. The Labute approximate surface area is 119 Å². The molecule has 0 aromatic rings. The molecule has 0 aromatic carbocycles. The van der Waals surface area contributed by atoms with E-state index in [1.54, 1.807) is 0 Å². The number of amides is 1. The highest BCUT2D eigenvalue weighted by molar-refractivity contribution is 5.80. The van der Waals surface area contributed by atoms with Gasteiger partial charge in [0, 0.05) is 18.3 Å². The van der Waals surface area contributed by atoms with Crippen molar-refractivity contribution in [3.8, 4) is 0 Å². The van der Waals surface area contributed by atoms with Crippen molar-refractivity contribution in [1.29, 1.82) is 0 Å². The SMILES string of the molecule is CC1CCC2C(C)C(=O)NC3O[C@@]4(C)CCC1[C@]32OO4. The number of carbonyl (C=O) groups excluding carboxylic acids is 1. The molecule has 0 radical (unpaired) electrons. The zero-order valence-electron chi connectivity index (χ0n) is 12.3. The van der Waals surface area contributed by atoms with Crippen molar-refractivity contribution < 1.29 is 19.3 Å². The number of hydrogen-bond acceptors (Lipinski definition) is 4. The van der Waals surface area contributed by atoms with Crippen LogP contribution in [-0.4, -0.2) is 23.5 Å². The predicted molar refractivity (Wildman–Crippen MR) is 70.1 cm³/mol. The van der Waals surface area contributed by atoms with E-state index >= 15 is 0 Å². The Bertz CT molecular complexity index is 455. The molecular weight excluding hydrogens is 258 g/mol. The highest BCUT2D eigenvalue weighted by Crippen LogP contribution is 2.58. The van der Waals surface area contributed by atoms with E-state index in [2.05, 4.69) is 12.2 Å². The maximum atomic E-state index is 12.2. The molecule has 1 N–H and O–H groups in total. The van der Waals surface area contributed by atoms with Gasteiger partial charge in [-0.1, -0.05) is 13.8 Å². The lowest BCUT2D eigenvalue weighted by Crippen LogP contribution is -2.74. The molecule has 5 nitrogen and oxygen atoms in total. The summed E-state index contributed by atoms with van der Waals surface area (Å²) >= 11 is 0. The van der Waals surface area contributed by atoms with E-state index in [1.165, 1.54) is 0 Å². The Morgan fingerprint density at radius 3 is 2.75 bits per heavy atom. The molecule has 1 aliphatic carbocycles. The van der Waals surface area contributed by atoms with Crippen LogP contribution in [0.5, 0.6) is 0 Å². The van der Waals surface area contributed by atoms with Crippen LogP contribution in [-0.2, 0) is 19.3 Å². The maximum absolute atomic E-state index is 12.2. The average molecular weight is 281 g/mol. The Balaban J connectivity index is 1.84. The van der Waals surface area contributed by atoms with E-state index in [1.807, 2.05) is 13.8 Å². The molecule has 4 heterocycles. The Hall–Kier alpha value is -0.650. The van der Waals surface area contributed by atoms with Crippen LogP contribution in [0.25, 0.3) is 0 Å². The fraction of sp³-hybridized carbons (Fsp3) is 0.933. The van der Waals surface area contributed by atoms with Crippen molar-refractivity contribution in [1.82, 2.24) is 5.32 Å². The summed E-state index contributed by atoms with van der Waals surface area (Å²) in [6.45, 7) is 6.19. The summed E-state index contributed by atoms with van der Waals surface area (Å²) in [7, 11) is 0. The Morgan fingerprint density at radius 1 is 1.15 bits per heavy atom. The molecule has 2 bridgehead atoms. The molecule has 5 aliphatic rings. The van der Waals surface area contributed by atoms with Crippen LogP contribution in [0.3, 0.4) is 0 Å². The summed E-state index contributed by atoms with van der Waals surface area (Å²) in [5.41, 5.74) is -0.499. The molecule has 0 aromatic heterocycles. The first kappa shape index (κ1) is 13.0. The van der Waals surface area contributed by atoms with Gasteiger partial charge in [-0.05, 0) is 38.0 Å². The third-order valence-electron chi connectivity index (χ3n) is 6.12. The van der Waals surface area contributed by atoms with Crippen LogP contribution in [0.2, 0.25) is 0 Å². The van der Waals surface area contributed by atoms with Crippen LogP contribution in [0, 0.1) is 23.7 Å². The van der Waals surface area contributed by atoms with E-state index in [0.29, 0.717) is 11.8 Å². The van der Waals surface area contributed by atoms with Crippen molar-refractivity contribution in [2.45, 2.75) is 64.1 Å². The molecule has 1 spiro atoms. The fourth-order valence-electron chi connectivity index (χ4n) is 4.92. The number of hydrogen-bond donors (Lipinski definition) is 1. The van der Waals surface area contributed by atoms with Crippen molar-refractivity contribution in [3.05, 3.63) is 0 Å². The number of nitrogens with one attached hydrogen (secondary N) is 1. The first-order chi connectivity index (χ1) is 9.46. The minimum Gasteiger partial charge on any atom is -0.328 e. The molecule has 5 rings (SSSR count). The second kappa shape index (κ2) is 3.96. The Kier molecular flexibility index (Phi) is 2.58. The first-order valence-electron chi connectivity index (χ1n) is 7.81. The summed E-state index contributed by atoms with van der Waals surface area (Å²) in [6, 6.07) is 0. The maximum Gasteiger partial charge on any atom is 0.225 e. The van der Waals surface area contributed by atoms with Gasteiger partial charge in [0.05, 0.1) is 0 Å². The highest BCUT2D eigenvalue weighted by atomic mass is 17.3. The molecule has 20 heavy (non-hydrogen) atoms. The smallest absolute Gasteiger partial charge is 0.225 e. The van der Waals surface area contributed by atoms with Crippen molar-refractivity contribution in [2.75, 3.05) is 0 Å². The normalized spacial score (nSPS) is 57.8. The lowest BCUT2D eigenvalue weighted by molar-refractivity contribution is -0.538. The van der Waals surface area contributed by atoms with Gasteiger partial charge in [-0.3, -0.25) is 4.79 Å². The van der Waals surface area contributed by atoms with E-state index in [4.69, 9.17) is 14.5 Å². The largest absolute Gasteiger partial charge is 0.328 e. The molecule has 5 heteroatoms. The van der Waals surface area contributed by atoms with Crippen LogP contribution < -0.4 is 5.32 Å². The lowest BCUT2D eigenvalue weighted by Gasteiger charge is -2.58. The molecule has 4 aliphatic heterocycles. The zero-order chi connectivity index (χ0) is 14.1. The van der Waals surface area contributed by atoms with E-state index in [0.717, 1.165) is 25.7 Å². The molecule has 1 saturated carbocycles. The minimum absolute atomic E-state index is 0.0455. The molecule has 7 atom stereocenters. The van der Waals surface area contributed by atoms with Crippen LogP contribution in [0.15, 0.2) is 0 Å². The quantitative estimate of drug-likeness (QED) is 0.690. The lowest BCUT2D eigenvalue weighted by atomic mass is 9.57. The van der Waals surface area contributed by atoms with Gasteiger partial charge in [-0.2, -0.15) is 0 Å². The molecule has 5 fully saturated rings. The molecule has 112 valence electrons. The van der Waals surface area contributed by atoms with Gasteiger partial charge in [-0.15, -0.1) is 0 Å². The van der Waals surface area contributed by atoms with Gasteiger partial charge in [0.25, 0.3) is 0 Å². The third-order valence-corrected chi connectivity index (χ3v) is 6.12. The second-order valence-electron chi connectivity index (χ2n) is 7.26. The molecular formula is C15H23NO4. The topological polar surface area (TPSA) is 56.8 Å². The average Bonchev–Trinajstić information content (AvgIpc) is 2.63. The van der Waals surface area contributed by atoms with E-state index in [-0.39, 0.29) is 24.0 Å². The summed E-state index contributed by atoms with van der Waals surface area (Å²) < 4.78 is 6.12. The van der Waals surface area contributed by atoms with Gasteiger partial charge in [0.15, 0.2) is 11.8 Å². The zero-order valence-corrected chi connectivity index (χ0v) is 12.3. The van der Waals surface area contributed by atoms with Crippen molar-refractivity contribution in [2.24, 2.45) is 23.7 Å². The minimum atomic E-state index is -0.731. The number of rotatable bonds is 0. The second-order valence-corrected chi connectivity index (χ2v) is 7.26. The first-order valence-corrected chi connectivity index (χ1v) is 7.81. The predicted octanol–water partition coefficient (Wildman–Crippen LogP) is 1.97. The molecule has 4 saturated heterocycles. The summed E-state index contributed by atoms with van der Waals surface area (Å²) in [4.78, 5) is 23.9. The molecule has 1 amide bonds. The fourth-order valence-corrected chi connectivity index (χ4v) is 4.92. The summed E-state index contributed by atoms with van der Waals surface area (Å²) in [5, 5.41) is 3.04. The standard InChI is InChI=1S/C15H23NO4/c1-8-4-5-11-9(2)12(17)16-13-15(11)10(8)6-7-14(3,18-13)19-20-15/h8-11,13H,4-7H2,1-3H3,(H,16,17)/t8?,9?,10?,11?,13?,14-,15-/m1/s1. The van der Waals surface area contributed by atoms with E-state index in [9.17, 15) is 4.79 Å². The Morgan fingerprint density at radius 2 is 1.95 bits per heavy atom. The highest BCUT2D eigenvalue weighted by Gasteiger charge is 2.68. The van der Waals surface area contributed by atoms with Crippen LogP contribution >= 0.6 is 0 Å². The van der Waals surface area contributed by atoms with Crippen molar-refractivity contribution in [3.63, 3.8) is 0 Å². The number of carbonyl (C=O) groups is 1. The molecule has 5 unspecified atom stereocenters. The van der Waals surface area contributed by atoms with Gasteiger partial charge in [0.1, 0.15) is 0 Å². The third kappa shape index (κ3) is 1.46. The van der Waals surface area contributed by atoms with Gasteiger partial charge in [0.2, 0.25) is 11.7 Å². The van der Waals surface area contributed by atoms with Gasteiger partial charge >= 0.3 is 0 Å². The number of fused-ring (bicyclic) bond motifs is 2.